The number of phenols is 2. The molecule has 470 valence electrons. The number of quaternary nitrogens is 1. The van der Waals surface area contributed by atoms with E-state index in [1.807, 2.05) is 20.8 Å². The first-order valence-corrected chi connectivity index (χ1v) is 27.7. The number of anilines is 1. The van der Waals surface area contributed by atoms with Crippen LogP contribution in [0.25, 0.3) is 0 Å². The number of ketones is 2. The fourth-order valence-corrected chi connectivity index (χ4v) is 10.0. The molecule has 4 bridgehead atoms. The number of rotatable bonds is 12. The van der Waals surface area contributed by atoms with Gasteiger partial charge in [-0.05, 0) is 82.4 Å². The smallest absolute Gasteiger partial charge is 0.405 e. The van der Waals surface area contributed by atoms with Crippen LogP contribution in [0.3, 0.4) is 0 Å². The largest absolute Gasteiger partial charge is 1.00 e. The van der Waals surface area contributed by atoms with E-state index in [0.29, 0.717) is 53.8 Å². The average molecular weight is 1210 g/mol. The number of aromatic hydroxyl groups is 2. The molecule has 1 aromatic carbocycles. The lowest BCUT2D eigenvalue weighted by Gasteiger charge is -2.30. The van der Waals surface area contributed by atoms with Crippen molar-refractivity contribution in [3.63, 3.8) is 0 Å². The molecular weight excluding hydrogens is 1120 g/mol. The van der Waals surface area contributed by atoms with Gasteiger partial charge in [0, 0.05) is 75.7 Å². The molecule has 2 heterocycles. The van der Waals surface area contributed by atoms with Gasteiger partial charge in [0.2, 0.25) is 11.6 Å². The zero-order chi connectivity index (χ0) is 63.1. The maximum atomic E-state index is 13.5. The number of ether oxygens (including phenoxy) is 6. The molecule has 1 aliphatic carbocycles. The number of carbonyl (C=O) groups is 6. The van der Waals surface area contributed by atoms with E-state index in [4.69, 9.17) is 39.9 Å². The molecule has 1 aromatic rings. The van der Waals surface area contributed by atoms with Crippen LogP contribution >= 0.6 is 0 Å². The molecule has 85 heavy (non-hydrogen) atoms. The number of hydrogen-bond acceptors (Lipinski definition) is 17. The van der Waals surface area contributed by atoms with Gasteiger partial charge in [0.1, 0.15) is 18.0 Å². The number of methoxy groups -OCH3 is 4. The molecule has 0 spiro atoms. The first kappa shape index (κ1) is 74.0. The third-order valence-corrected chi connectivity index (χ3v) is 14.6. The molecule has 13 N–H and O–H groups in total. The third kappa shape index (κ3) is 21.7. The van der Waals surface area contributed by atoms with E-state index in [1.54, 1.807) is 88.5 Å². The Morgan fingerprint density at radius 3 is 1.64 bits per heavy atom. The van der Waals surface area contributed by atoms with E-state index < -0.39 is 96.2 Å². The van der Waals surface area contributed by atoms with Crippen molar-refractivity contribution < 1.29 is 95.3 Å². The van der Waals surface area contributed by atoms with Crippen LogP contribution in [0.4, 0.5) is 21.0 Å². The first-order valence-electron chi connectivity index (χ1n) is 27.7. The lowest BCUT2D eigenvalue weighted by molar-refractivity contribution is -0.562. The molecule has 23 heteroatoms. The normalized spacial score (nSPS) is 30.1. The Balaban J connectivity index is 0.000000573. The van der Waals surface area contributed by atoms with Gasteiger partial charge in [-0.3, -0.25) is 19.2 Å². The number of fused-ring (bicyclic) bond motifs is 4. The Kier molecular flexibility index (Phi) is 31.3. The molecule has 1 unspecified atom stereocenters. The Hall–Kier alpha value is -7.15. The van der Waals surface area contributed by atoms with Crippen LogP contribution in [0.2, 0.25) is 0 Å². The van der Waals surface area contributed by atoms with Crippen LogP contribution in [0.15, 0.2) is 125 Å². The van der Waals surface area contributed by atoms with E-state index >= 15 is 0 Å². The molecule has 0 aromatic heterocycles. The minimum Gasteiger partial charge on any atom is -1.00 e. The van der Waals surface area contributed by atoms with E-state index in [1.165, 1.54) is 46.7 Å². The first-order chi connectivity index (χ1) is 39.7. The number of amides is 4. The van der Waals surface area contributed by atoms with Gasteiger partial charge in [0.05, 0.1) is 53.6 Å². The second-order valence-electron chi connectivity index (χ2n) is 21.3. The summed E-state index contributed by atoms with van der Waals surface area (Å²) in [5, 5.41) is 54.6. The van der Waals surface area contributed by atoms with Crippen LogP contribution in [-0.4, -0.2) is 146 Å². The summed E-state index contributed by atoms with van der Waals surface area (Å²) in [5.41, 5.74) is 13.6. The molecule has 22 nitrogen and oxygen atoms in total. The van der Waals surface area contributed by atoms with Crippen molar-refractivity contribution in [3.8, 4) is 11.5 Å². The van der Waals surface area contributed by atoms with E-state index in [-0.39, 0.29) is 76.9 Å². The number of Topliss-reactive ketones (excluding diaryl/α,β-unsaturated/α-hetero) is 1. The van der Waals surface area contributed by atoms with Crippen molar-refractivity contribution in [1.82, 2.24) is 10.6 Å². The second kappa shape index (κ2) is 36.0. The summed E-state index contributed by atoms with van der Waals surface area (Å²) in [6, 6.07) is 1.31. The standard InChI is InChI=1S/C31H45N3O8.C31H43N3O8.ClH/c2*1-8-12-33-26-21-13-17(2)14-25(41-7)27(36)19(4)15-20(5)29(42-31(32)39)24(40-6)11-9-10-18(3)30(38)34-22(28(21)37)16-23(26)35;/h8-11,15-17,19,24-25,27,29,33,35-37H,1,12-14H2,2-7H3,(H2,32,39)(H,34,38);8-11,15-17,19,24-25,27,29,33,36H,1,12-14H2,2-7H3,(H2,32,39)(H,34,38);1H/b2*11-9-,18-10+,20-15+;/t17-,19+,24+,25+,27-,29+;17-,19+,24+,25+,27?,29+;/m11./s1. The molecule has 2 aliphatic heterocycles. The second-order valence-corrected chi connectivity index (χ2v) is 21.3. The molecule has 0 saturated carbocycles. The maximum absolute atomic E-state index is 13.5. The zero-order valence-electron chi connectivity index (χ0n) is 50.8. The zero-order valence-corrected chi connectivity index (χ0v) is 51.6. The van der Waals surface area contributed by atoms with Crippen LogP contribution < -0.4 is 45.1 Å². The lowest BCUT2D eigenvalue weighted by atomic mass is 9.85. The van der Waals surface area contributed by atoms with Gasteiger partial charge in [-0.15, -0.1) is 6.58 Å². The Morgan fingerprint density at radius 1 is 0.729 bits per heavy atom. The van der Waals surface area contributed by atoms with Crippen molar-refractivity contribution in [3.05, 3.63) is 131 Å². The Bertz CT molecular complexity index is 2800. The summed E-state index contributed by atoms with van der Waals surface area (Å²) in [6.07, 6.45) is 10.1. The van der Waals surface area contributed by atoms with Crippen LogP contribution in [0, 0.1) is 23.7 Å². The number of carbonyl (C=O) groups excluding carboxylic acids is 6. The summed E-state index contributed by atoms with van der Waals surface area (Å²) >= 11 is 0. The average Bonchev–Trinajstić information content (AvgIpc) is 3.64. The minimum atomic E-state index is -1.00. The fraction of sp³-hybridized carbons (Fsp3) is 0.484. The summed E-state index contributed by atoms with van der Waals surface area (Å²) in [5.74, 6) is -3.43. The molecule has 4 rings (SSSR count). The van der Waals surface area contributed by atoms with Crippen LogP contribution in [0.5, 0.6) is 11.5 Å². The number of aliphatic hydroxyl groups excluding tert-OH is 2. The number of nitrogens with two attached hydrogens (primary N) is 3. The number of benzene rings is 1. The van der Waals surface area contributed by atoms with E-state index in [9.17, 15) is 49.2 Å². The molecule has 12 atom stereocenters. The maximum Gasteiger partial charge on any atom is 0.405 e. The predicted molar refractivity (Wildman–Crippen MR) is 318 cm³/mol. The Labute approximate surface area is 505 Å². The Morgan fingerprint density at radius 2 is 1.20 bits per heavy atom. The monoisotopic (exact) mass is 1210 g/mol. The molecule has 0 radical (unpaired) electrons. The number of halogens is 1. The van der Waals surface area contributed by atoms with Gasteiger partial charge < -0.3 is 94.0 Å². The molecule has 4 amide bonds. The molecule has 3 aliphatic rings. The highest BCUT2D eigenvalue weighted by Gasteiger charge is 2.35. The number of nitrogens with one attached hydrogen (secondary N) is 3. The van der Waals surface area contributed by atoms with Gasteiger partial charge in [0.15, 0.2) is 23.6 Å². The van der Waals surface area contributed by atoms with Gasteiger partial charge in [-0.25, -0.2) is 9.59 Å². The van der Waals surface area contributed by atoms with Crippen molar-refractivity contribution in [2.75, 3.05) is 46.8 Å². The number of hydrogen-bond donors (Lipinski definition) is 10. The molecule has 0 saturated heterocycles. The molecule has 0 fully saturated rings. The minimum absolute atomic E-state index is 0. The summed E-state index contributed by atoms with van der Waals surface area (Å²) < 4.78 is 33.2. The van der Waals surface area contributed by atoms with Crippen molar-refractivity contribution in [2.45, 2.75) is 130 Å². The van der Waals surface area contributed by atoms with Gasteiger partial charge >= 0.3 is 12.2 Å². The summed E-state index contributed by atoms with van der Waals surface area (Å²) in [4.78, 5) is 76.0. The lowest BCUT2D eigenvalue weighted by Crippen LogP contribution is -3.00. The topological polar surface area (TPSA) is 343 Å². The number of allylic oxidation sites excluding steroid dienone is 6. The predicted octanol–water partition coefficient (Wildman–Crippen LogP) is 2.48. The highest BCUT2D eigenvalue weighted by atomic mass is 35.5. The van der Waals surface area contributed by atoms with E-state index in [2.05, 4.69) is 29.1 Å². The van der Waals surface area contributed by atoms with Crippen LogP contribution in [-0.2, 0) is 54.0 Å². The van der Waals surface area contributed by atoms with Crippen molar-refractivity contribution in [2.24, 2.45) is 35.1 Å². The van der Waals surface area contributed by atoms with Crippen molar-refractivity contribution in [1.29, 1.82) is 0 Å². The number of phenolic OH excluding ortho intramolecular Hbond substituents is 2. The number of primary amides is 2. The summed E-state index contributed by atoms with van der Waals surface area (Å²) in [6.45, 7) is 22.2. The van der Waals surface area contributed by atoms with Crippen LogP contribution in [0.1, 0.15) is 80.2 Å². The van der Waals surface area contributed by atoms with E-state index in [0.717, 1.165) is 6.08 Å². The third-order valence-electron chi connectivity index (χ3n) is 14.6. The van der Waals surface area contributed by atoms with Gasteiger partial charge in [-0.1, -0.05) is 89.0 Å². The summed E-state index contributed by atoms with van der Waals surface area (Å²) in [7, 11) is 5.88. The van der Waals surface area contributed by atoms with Gasteiger partial charge in [0.25, 0.3) is 11.8 Å². The highest BCUT2D eigenvalue weighted by molar-refractivity contribution is 6.23. The SMILES string of the molecule is C=CCNC1=C2C[C@@H](C)C[C@H](OC)C(O)[C@@H](C)/C=C(\C)[C@H](OC(N)=O)[C@@H](OC)/C=C\C=C(/C)C(=O)NC(=CC1=O)C2=O.C=CC[NH2+]c1c(O)cc2c(O)c1C[C@@H](C)C[C@H](OC)[C@H](O)[C@@H](C)/C=C(\C)[C@H](OC(N)=O)[C@@H](OC)/C=C\C=C(/C)C(=O)N2.[Cl-]. The highest BCUT2D eigenvalue weighted by Crippen LogP contribution is 2.41. The van der Waals surface area contributed by atoms with Gasteiger partial charge in [-0.2, -0.15) is 0 Å². The number of aliphatic hydroxyl groups is 2. The molecular formula is C62H89ClN6O16. The van der Waals surface area contributed by atoms with Crippen molar-refractivity contribution >= 4 is 46.9 Å². The quantitative estimate of drug-likeness (QED) is 0.0472. The fourth-order valence-electron chi connectivity index (χ4n) is 10.0.